The van der Waals surface area contributed by atoms with E-state index in [2.05, 4.69) is 15.9 Å². The standard InChI is InChI=1S/C8H8BrFO3/c1-3(11)6-4(9)2-5(10)7(12)8(6)13/h2-3,11-13H,1H3. The molecule has 72 valence electrons. The molecule has 0 saturated heterocycles. The fourth-order valence-electron chi connectivity index (χ4n) is 1.01. The Balaban J connectivity index is 3.44. The Morgan fingerprint density at radius 1 is 1.38 bits per heavy atom. The quantitative estimate of drug-likeness (QED) is 0.669. The summed E-state index contributed by atoms with van der Waals surface area (Å²) in [6.45, 7) is 1.40. The van der Waals surface area contributed by atoms with E-state index in [4.69, 9.17) is 5.11 Å². The van der Waals surface area contributed by atoms with Gasteiger partial charge in [0.25, 0.3) is 0 Å². The maximum Gasteiger partial charge on any atom is 0.194 e. The summed E-state index contributed by atoms with van der Waals surface area (Å²) in [7, 11) is 0. The molecule has 0 heterocycles. The Bertz CT molecular complexity index is 339. The molecule has 0 aliphatic heterocycles. The van der Waals surface area contributed by atoms with Gasteiger partial charge in [0.15, 0.2) is 17.3 Å². The lowest BCUT2D eigenvalue weighted by Crippen LogP contribution is -1.95. The number of aromatic hydroxyl groups is 2. The number of phenolic OH excluding ortho intramolecular Hbond substituents is 2. The van der Waals surface area contributed by atoms with Crippen molar-refractivity contribution in [2.24, 2.45) is 0 Å². The highest BCUT2D eigenvalue weighted by Crippen LogP contribution is 2.39. The molecule has 0 aliphatic carbocycles. The Morgan fingerprint density at radius 2 is 1.92 bits per heavy atom. The van der Waals surface area contributed by atoms with Crippen LogP contribution in [0, 0.1) is 5.82 Å². The lowest BCUT2D eigenvalue weighted by molar-refractivity contribution is 0.192. The summed E-state index contributed by atoms with van der Waals surface area (Å²) in [6.07, 6.45) is -0.985. The molecule has 0 aliphatic rings. The Labute approximate surface area is 82.6 Å². The van der Waals surface area contributed by atoms with E-state index in [1.54, 1.807) is 0 Å². The smallest absolute Gasteiger partial charge is 0.194 e. The van der Waals surface area contributed by atoms with Crippen LogP contribution in [0.3, 0.4) is 0 Å². The monoisotopic (exact) mass is 250 g/mol. The molecule has 0 saturated carbocycles. The third kappa shape index (κ3) is 1.76. The zero-order valence-corrected chi connectivity index (χ0v) is 8.34. The Hall–Kier alpha value is -0.810. The average Bonchev–Trinajstić information content (AvgIpc) is 1.99. The molecule has 3 nitrogen and oxygen atoms in total. The molecule has 0 amide bonds. The van der Waals surface area contributed by atoms with Crippen LogP contribution in [0.2, 0.25) is 0 Å². The van der Waals surface area contributed by atoms with Crippen LogP contribution in [-0.4, -0.2) is 15.3 Å². The van der Waals surface area contributed by atoms with Crippen LogP contribution < -0.4 is 0 Å². The largest absolute Gasteiger partial charge is 0.504 e. The molecule has 1 aromatic carbocycles. The van der Waals surface area contributed by atoms with E-state index in [9.17, 15) is 14.6 Å². The predicted octanol–water partition coefficient (Wildman–Crippen LogP) is 2.05. The molecule has 0 aromatic heterocycles. The molecule has 1 aromatic rings. The highest BCUT2D eigenvalue weighted by molar-refractivity contribution is 9.10. The van der Waals surface area contributed by atoms with Crippen molar-refractivity contribution in [2.75, 3.05) is 0 Å². The molecule has 5 heteroatoms. The van der Waals surface area contributed by atoms with Crippen molar-refractivity contribution in [3.05, 3.63) is 21.9 Å². The number of rotatable bonds is 1. The van der Waals surface area contributed by atoms with Crippen LogP contribution >= 0.6 is 15.9 Å². The first-order chi connectivity index (χ1) is 5.95. The molecule has 0 radical (unpaired) electrons. The van der Waals surface area contributed by atoms with E-state index in [0.717, 1.165) is 6.07 Å². The molecule has 1 rings (SSSR count). The highest BCUT2D eigenvalue weighted by atomic mass is 79.9. The van der Waals surface area contributed by atoms with Gasteiger partial charge in [0.2, 0.25) is 0 Å². The minimum Gasteiger partial charge on any atom is -0.504 e. The second kappa shape index (κ2) is 3.51. The van der Waals surface area contributed by atoms with Gasteiger partial charge in [-0.15, -0.1) is 0 Å². The van der Waals surface area contributed by atoms with Crippen molar-refractivity contribution in [3.8, 4) is 11.5 Å². The fourth-order valence-corrected chi connectivity index (χ4v) is 1.73. The van der Waals surface area contributed by atoms with Gasteiger partial charge in [-0.3, -0.25) is 0 Å². The van der Waals surface area contributed by atoms with Crippen LogP contribution in [0.4, 0.5) is 4.39 Å². The minimum atomic E-state index is -0.985. The third-order valence-corrected chi connectivity index (χ3v) is 2.29. The van der Waals surface area contributed by atoms with Crippen molar-refractivity contribution in [2.45, 2.75) is 13.0 Å². The van der Waals surface area contributed by atoms with Gasteiger partial charge in [-0.1, -0.05) is 15.9 Å². The summed E-state index contributed by atoms with van der Waals surface area (Å²) in [5, 5.41) is 27.4. The molecular weight excluding hydrogens is 243 g/mol. The average molecular weight is 251 g/mol. The third-order valence-electron chi connectivity index (χ3n) is 1.63. The summed E-state index contributed by atoms with van der Waals surface area (Å²) in [5.74, 6) is -2.42. The van der Waals surface area contributed by atoms with Gasteiger partial charge >= 0.3 is 0 Å². The first-order valence-corrected chi connectivity index (χ1v) is 4.32. The maximum absolute atomic E-state index is 12.8. The van der Waals surface area contributed by atoms with Crippen LogP contribution in [0.5, 0.6) is 11.5 Å². The second-order valence-electron chi connectivity index (χ2n) is 2.63. The summed E-state index contributed by atoms with van der Waals surface area (Å²) >= 11 is 2.96. The molecule has 0 fully saturated rings. The summed E-state index contributed by atoms with van der Waals surface area (Å²) in [4.78, 5) is 0. The normalized spacial score (nSPS) is 12.9. The van der Waals surface area contributed by atoms with E-state index < -0.39 is 23.4 Å². The number of aliphatic hydroxyl groups is 1. The van der Waals surface area contributed by atoms with Crippen LogP contribution in [0.25, 0.3) is 0 Å². The van der Waals surface area contributed by atoms with Crippen molar-refractivity contribution in [3.63, 3.8) is 0 Å². The summed E-state index contributed by atoms with van der Waals surface area (Å²) in [6, 6.07) is 0.983. The molecular formula is C8H8BrFO3. The van der Waals surface area contributed by atoms with E-state index >= 15 is 0 Å². The lowest BCUT2D eigenvalue weighted by atomic mass is 10.1. The van der Waals surface area contributed by atoms with Crippen molar-refractivity contribution < 1.29 is 19.7 Å². The first-order valence-electron chi connectivity index (χ1n) is 3.53. The number of benzene rings is 1. The predicted molar refractivity (Wildman–Crippen MR) is 48.1 cm³/mol. The van der Waals surface area contributed by atoms with Crippen molar-refractivity contribution in [1.82, 2.24) is 0 Å². The first kappa shape index (κ1) is 10.3. The lowest BCUT2D eigenvalue weighted by Gasteiger charge is -2.11. The molecule has 13 heavy (non-hydrogen) atoms. The zero-order chi connectivity index (χ0) is 10.2. The van der Waals surface area contributed by atoms with Gasteiger partial charge in [-0.25, -0.2) is 4.39 Å². The second-order valence-corrected chi connectivity index (χ2v) is 3.48. The zero-order valence-electron chi connectivity index (χ0n) is 6.75. The van der Waals surface area contributed by atoms with Gasteiger partial charge in [0.1, 0.15) is 0 Å². The van der Waals surface area contributed by atoms with Gasteiger partial charge in [0.05, 0.1) is 6.10 Å². The number of halogens is 2. The Kier molecular flexibility index (Phi) is 2.77. The van der Waals surface area contributed by atoms with Crippen molar-refractivity contribution >= 4 is 15.9 Å². The van der Waals surface area contributed by atoms with Gasteiger partial charge in [-0.2, -0.15) is 0 Å². The van der Waals surface area contributed by atoms with Crippen molar-refractivity contribution in [1.29, 1.82) is 0 Å². The van der Waals surface area contributed by atoms with Gasteiger partial charge < -0.3 is 15.3 Å². The number of aliphatic hydroxyl groups excluding tert-OH is 1. The number of hydrogen-bond acceptors (Lipinski definition) is 3. The minimum absolute atomic E-state index is 0.0684. The van der Waals surface area contributed by atoms with E-state index in [1.807, 2.05) is 0 Å². The number of hydrogen-bond donors (Lipinski definition) is 3. The van der Waals surface area contributed by atoms with Gasteiger partial charge in [0, 0.05) is 10.0 Å². The fraction of sp³-hybridized carbons (Fsp3) is 0.250. The SMILES string of the molecule is CC(O)c1c(Br)cc(F)c(O)c1O. The molecule has 3 N–H and O–H groups in total. The highest BCUT2D eigenvalue weighted by Gasteiger charge is 2.18. The molecule has 1 atom stereocenters. The summed E-state index contributed by atoms with van der Waals surface area (Å²) in [5.41, 5.74) is 0.0684. The van der Waals surface area contributed by atoms with Crippen LogP contribution in [0.15, 0.2) is 10.5 Å². The van der Waals surface area contributed by atoms with Crippen LogP contribution in [0.1, 0.15) is 18.6 Å². The van der Waals surface area contributed by atoms with E-state index in [1.165, 1.54) is 6.92 Å². The number of phenols is 2. The summed E-state index contributed by atoms with van der Waals surface area (Å²) < 4.78 is 13.0. The van der Waals surface area contributed by atoms with E-state index in [0.29, 0.717) is 0 Å². The topological polar surface area (TPSA) is 60.7 Å². The Morgan fingerprint density at radius 3 is 2.38 bits per heavy atom. The molecule has 0 spiro atoms. The van der Waals surface area contributed by atoms with Gasteiger partial charge in [-0.05, 0) is 13.0 Å². The van der Waals surface area contributed by atoms with Crippen LogP contribution in [-0.2, 0) is 0 Å². The molecule has 1 unspecified atom stereocenters. The maximum atomic E-state index is 12.8. The molecule has 0 bridgehead atoms. The van der Waals surface area contributed by atoms with E-state index in [-0.39, 0.29) is 10.0 Å².